The fourth-order valence-corrected chi connectivity index (χ4v) is 2.71. The molecule has 0 atom stereocenters. The molecular weight excluding hydrogens is 371 g/mol. The van der Waals surface area contributed by atoms with Crippen molar-refractivity contribution < 1.29 is 17.9 Å². The van der Waals surface area contributed by atoms with E-state index in [9.17, 15) is 13.2 Å². The smallest absolute Gasteiger partial charge is 0.406 e. The molecule has 2 N–H and O–H groups in total. The summed E-state index contributed by atoms with van der Waals surface area (Å²) in [7, 11) is 4.03. The van der Waals surface area contributed by atoms with E-state index < -0.39 is 6.36 Å². The Morgan fingerprint density at radius 3 is 2.64 bits per heavy atom. The molecule has 0 radical (unpaired) electrons. The summed E-state index contributed by atoms with van der Waals surface area (Å²) in [5, 5.41) is 6.28. The standard InChI is InChI=1S/C19H24F3N5O/c1-27(2)10-4-9-23-18-25-16(13-7-8-13)12-17(26-18)24-14-5-3-6-15(11-14)28-19(20,21)22/h3,5-6,11-13H,4,7-10H2,1-2H3,(H2,23,24,25,26). The maximum absolute atomic E-state index is 12.4. The lowest BCUT2D eigenvalue weighted by atomic mass is 10.2. The van der Waals surface area contributed by atoms with Crippen LogP contribution < -0.4 is 15.4 Å². The molecule has 2 aromatic rings. The third-order valence-corrected chi connectivity index (χ3v) is 4.15. The largest absolute Gasteiger partial charge is 0.573 e. The highest BCUT2D eigenvalue weighted by atomic mass is 19.4. The van der Waals surface area contributed by atoms with Crippen molar-refractivity contribution in [2.75, 3.05) is 37.8 Å². The van der Waals surface area contributed by atoms with E-state index in [1.54, 1.807) is 6.07 Å². The number of nitrogens with one attached hydrogen (secondary N) is 2. The van der Waals surface area contributed by atoms with Crippen molar-refractivity contribution in [2.45, 2.75) is 31.5 Å². The first-order valence-electron chi connectivity index (χ1n) is 9.19. The molecule has 0 amide bonds. The van der Waals surface area contributed by atoms with E-state index in [-0.39, 0.29) is 5.75 Å². The van der Waals surface area contributed by atoms with Crippen molar-refractivity contribution in [2.24, 2.45) is 0 Å². The van der Waals surface area contributed by atoms with Crippen LogP contribution in [0.1, 0.15) is 30.9 Å². The lowest BCUT2D eigenvalue weighted by molar-refractivity contribution is -0.274. The van der Waals surface area contributed by atoms with Gasteiger partial charge in [0, 0.05) is 30.3 Å². The fraction of sp³-hybridized carbons (Fsp3) is 0.474. The van der Waals surface area contributed by atoms with Gasteiger partial charge in [0.1, 0.15) is 11.6 Å². The summed E-state index contributed by atoms with van der Waals surface area (Å²) in [4.78, 5) is 11.1. The molecule has 9 heteroatoms. The Hall–Kier alpha value is -2.55. The first-order valence-corrected chi connectivity index (χ1v) is 9.19. The van der Waals surface area contributed by atoms with Crippen LogP contribution in [0.5, 0.6) is 5.75 Å². The van der Waals surface area contributed by atoms with E-state index in [1.807, 2.05) is 20.2 Å². The lowest BCUT2D eigenvalue weighted by Gasteiger charge is -2.13. The molecule has 0 saturated heterocycles. The van der Waals surface area contributed by atoms with Gasteiger partial charge in [0.05, 0.1) is 5.69 Å². The van der Waals surface area contributed by atoms with Gasteiger partial charge in [0.15, 0.2) is 0 Å². The third kappa shape index (κ3) is 6.56. The monoisotopic (exact) mass is 395 g/mol. The quantitative estimate of drug-likeness (QED) is 0.615. The zero-order valence-corrected chi connectivity index (χ0v) is 15.9. The molecule has 1 aromatic heterocycles. The molecule has 1 heterocycles. The Labute approximate surface area is 162 Å². The molecular formula is C19H24F3N5O. The van der Waals surface area contributed by atoms with Crippen molar-refractivity contribution in [3.63, 3.8) is 0 Å². The summed E-state index contributed by atoms with van der Waals surface area (Å²) in [6, 6.07) is 7.54. The van der Waals surface area contributed by atoms with Crippen LogP contribution in [0.3, 0.4) is 0 Å². The Balaban J connectivity index is 1.71. The Morgan fingerprint density at radius 2 is 1.96 bits per heavy atom. The van der Waals surface area contributed by atoms with Gasteiger partial charge < -0.3 is 20.3 Å². The van der Waals surface area contributed by atoms with E-state index in [4.69, 9.17) is 0 Å². The van der Waals surface area contributed by atoms with E-state index in [0.717, 1.165) is 38.0 Å². The predicted octanol–water partition coefficient (Wildman–Crippen LogP) is 4.36. The number of hydrogen-bond acceptors (Lipinski definition) is 6. The van der Waals surface area contributed by atoms with Crippen LogP contribution >= 0.6 is 0 Å². The zero-order chi connectivity index (χ0) is 20.1. The molecule has 0 aliphatic heterocycles. The third-order valence-electron chi connectivity index (χ3n) is 4.15. The van der Waals surface area contributed by atoms with Crippen molar-refractivity contribution in [3.8, 4) is 5.75 Å². The number of anilines is 3. The highest BCUT2D eigenvalue weighted by molar-refractivity contribution is 5.59. The van der Waals surface area contributed by atoms with Gasteiger partial charge in [-0.2, -0.15) is 4.98 Å². The average molecular weight is 395 g/mol. The first kappa shape index (κ1) is 20.2. The number of hydrogen-bond donors (Lipinski definition) is 2. The molecule has 1 aliphatic carbocycles. The molecule has 3 rings (SSSR count). The van der Waals surface area contributed by atoms with Gasteiger partial charge in [-0.25, -0.2) is 4.98 Å². The van der Waals surface area contributed by atoms with E-state index in [2.05, 4.69) is 30.2 Å². The Morgan fingerprint density at radius 1 is 1.18 bits per heavy atom. The summed E-state index contributed by atoms with van der Waals surface area (Å²) in [5.41, 5.74) is 1.40. The molecule has 0 spiro atoms. The van der Waals surface area contributed by atoms with E-state index in [1.165, 1.54) is 18.2 Å². The summed E-state index contributed by atoms with van der Waals surface area (Å²) in [6.07, 6.45) is -1.60. The van der Waals surface area contributed by atoms with Crippen molar-refractivity contribution in [1.29, 1.82) is 0 Å². The topological polar surface area (TPSA) is 62.3 Å². The molecule has 0 bridgehead atoms. The van der Waals surface area contributed by atoms with Crippen LogP contribution in [-0.4, -0.2) is 48.4 Å². The van der Waals surface area contributed by atoms with Gasteiger partial charge in [0.2, 0.25) is 5.95 Å². The molecule has 28 heavy (non-hydrogen) atoms. The summed E-state index contributed by atoms with van der Waals surface area (Å²) < 4.78 is 41.2. The van der Waals surface area contributed by atoms with Gasteiger partial charge in [-0.3, -0.25) is 0 Å². The van der Waals surface area contributed by atoms with Gasteiger partial charge in [-0.05, 0) is 52.0 Å². The normalized spacial score (nSPS) is 14.2. The number of aromatic nitrogens is 2. The molecule has 0 unspecified atom stereocenters. The van der Waals surface area contributed by atoms with Gasteiger partial charge >= 0.3 is 6.36 Å². The number of alkyl halides is 3. The van der Waals surface area contributed by atoms with Crippen LogP contribution in [0.25, 0.3) is 0 Å². The van der Waals surface area contributed by atoms with Gasteiger partial charge in [-0.1, -0.05) is 6.07 Å². The molecule has 1 fully saturated rings. The maximum Gasteiger partial charge on any atom is 0.573 e. The second-order valence-electron chi connectivity index (χ2n) is 7.06. The minimum atomic E-state index is -4.73. The molecule has 1 saturated carbocycles. The molecule has 152 valence electrons. The lowest BCUT2D eigenvalue weighted by Crippen LogP contribution is -2.17. The van der Waals surface area contributed by atoms with Crippen LogP contribution in [0.2, 0.25) is 0 Å². The summed E-state index contributed by atoms with van der Waals surface area (Å²) in [6.45, 7) is 1.69. The number of rotatable bonds is 9. The first-order chi connectivity index (χ1) is 13.3. The minimum Gasteiger partial charge on any atom is -0.406 e. The van der Waals surface area contributed by atoms with Crippen LogP contribution in [0.15, 0.2) is 30.3 Å². The highest BCUT2D eigenvalue weighted by Crippen LogP contribution is 2.40. The summed E-state index contributed by atoms with van der Waals surface area (Å²) >= 11 is 0. The van der Waals surface area contributed by atoms with E-state index in [0.29, 0.717) is 23.4 Å². The van der Waals surface area contributed by atoms with Crippen molar-refractivity contribution in [3.05, 3.63) is 36.0 Å². The number of ether oxygens (including phenoxy) is 1. The Bertz CT molecular complexity index is 793. The van der Waals surface area contributed by atoms with Crippen LogP contribution in [-0.2, 0) is 0 Å². The van der Waals surface area contributed by atoms with Gasteiger partial charge in [-0.15, -0.1) is 13.2 Å². The van der Waals surface area contributed by atoms with E-state index >= 15 is 0 Å². The Kier molecular flexibility index (Phi) is 6.23. The molecule has 6 nitrogen and oxygen atoms in total. The summed E-state index contributed by atoms with van der Waals surface area (Å²) in [5.74, 6) is 1.20. The van der Waals surface area contributed by atoms with Crippen molar-refractivity contribution >= 4 is 17.5 Å². The predicted molar refractivity (Wildman–Crippen MR) is 102 cm³/mol. The molecule has 1 aliphatic rings. The number of nitrogens with zero attached hydrogens (tertiary/aromatic N) is 3. The number of halogens is 3. The minimum absolute atomic E-state index is 0.281. The SMILES string of the molecule is CN(C)CCCNc1nc(Nc2cccc(OC(F)(F)F)c2)cc(C2CC2)n1. The molecule has 1 aromatic carbocycles. The second kappa shape index (κ2) is 8.64. The van der Waals surface area contributed by atoms with Crippen LogP contribution in [0.4, 0.5) is 30.6 Å². The number of benzene rings is 1. The second-order valence-corrected chi connectivity index (χ2v) is 7.06. The van der Waals surface area contributed by atoms with Crippen LogP contribution in [0, 0.1) is 0 Å². The zero-order valence-electron chi connectivity index (χ0n) is 15.9. The highest BCUT2D eigenvalue weighted by Gasteiger charge is 2.31. The maximum atomic E-state index is 12.4. The average Bonchev–Trinajstić information content (AvgIpc) is 3.42. The van der Waals surface area contributed by atoms with Gasteiger partial charge in [0.25, 0.3) is 0 Å². The fourth-order valence-electron chi connectivity index (χ4n) is 2.71. The van der Waals surface area contributed by atoms with Crippen molar-refractivity contribution in [1.82, 2.24) is 14.9 Å².